The van der Waals surface area contributed by atoms with Crippen molar-refractivity contribution < 1.29 is 19.4 Å². The second-order valence-corrected chi connectivity index (χ2v) is 6.15. The Morgan fingerprint density at radius 1 is 1.12 bits per heavy atom. The first-order valence-corrected chi connectivity index (χ1v) is 8.17. The SMILES string of the molecule is CC1=C(C(N)=O)c2c(ccc(C)c2OCC(=O)O)/C1=C\c1ccccc1. The molecule has 0 saturated carbocycles. The molecule has 0 saturated heterocycles. The number of aliphatic carboxylic acids is 1. The monoisotopic (exact) mass is 349 g/mol. The lowest BCUT2D eigenvalue weighted by Gasteiger charge is -2.14. The lowest BCUT2D eigenvalue weighted by molar-refractivity contribution is -0.139. The second-order valence-electron chi connectivity index (χ2n) is 6.15. The summed E-state index contributed by atoms with van der Waals surface area (Å²) in [6, 6.07) is 13.5. The van der Waals surface area contributed by atoms with E-state index < -0.39 is 18.5 Å². The van der Waals surface area contributed by atoms with Crippen LogP contribution in [-0.4, -0.2) is 23.6 Å². The number of primary amides is 1. The summed E-state index contributed by atoms with van der Waals surface area (Å²) in [5, 5.41) is 8.95. The normalized spacial score (nSPS) is 14.5. The number of nitrogens with two attached hydrogens (primary N) is 1. The molecule has 2 aromatic carbocycles. The van der Waals surface area contributed by atoms with Crippen LogP contribution in [0, 0.1) is 6.92 Å². The molecular weight excluding hydrogens is 330 g/mol. The van der Waals surface area contributed by atoms with Gasteiger partial charge in [-0.05, 0) is 47.8 Å². The number of hydrogen-bond acceptors (Lipinski definition) is 3. The van der Waals surface area contributed by atoms with Crippen molar-refractivity contribution in [1.29, 1.82) is 0 Å². The largest absolute Gasteiger partial charge is 0.481 e. The van der Waals surface area contributed by atoms with Gasteiger partial charge in [-0.15, -0.1) is 0 Å². The zero-order chi connectivity index (χ0) is 18.8. The van der Waals surface area contributed by atoms with Crippen LogP contribution in [0.4, 0.5) is 0 Å². The Morgan fingerprint density at radius 2 is 1.81 bits per heavy atom. The quantitative estimate of drug-likeness (QED) is 0.867. The Balaban J connectivity index is 2.23. The second kappa shape index (κ2) is 6.88. The average Bonchev–Trinajstić information content (AvgIpc) is 2.87. The van der Waals surface area contributed by atoms with E-state index in [-0.39, 0.29) is 0 Å². The summed E-state index contributed by atoms with van der Waals surface area (Å²) in [6.45, 7) is 3.16. The lowest BCUT2D eigenvalue weighted by atomic mass is 9.98. The van der Waals surface area contributed by atoms with Gasteiger partial charge in [0.05, 0.1) is 5.57 Å². The molecule has 0 atom stereocenters. The minimum absolute atomic E-state index is 0.367. The van der Waals surface area contributed by atoms with Crippen molar-refractivity contribution in [3.8, 4) is 5.75 Å². The van der Waals surface area contributed by atoms with Gasteiger partial charge in [0.25, 0.3) is 0 Å². The number of ether oxygens (including phenoxy) is 1. The van der Waals surface area contributed by atoms with Crippen molar-refractivity contribution in [1.82, 2.24) is 0 Å². The third-order valence-corrected chi connectivity index (χ3v) is 4.37. The zero-order valence-electron chi connectivity index (χ0n) is 14.6. The molecule has 1 aliphatic carbocycles. The van der Waals surface area contributed by atoms with E-state index in [1.54, 1.807) is 0 Å². The summed E-state index contributed by atoms with van der Waals surface area (Å²) < 4.78 is 5.50. The first kappa shape index (κ1) is 17.5. The van der Waals surface area contributed by atoms with E-state index in [2.05, 4.69) is 0 Å². The number of carbonyl (C=O) groups is 2. The van der Waals surface area contributed by atoms with Gasteiger partial charge in [0.1, 0.15) is 5.75 Å². The lowest BCUT2D eigenvalue weighted by Crippen LogP contribution is -2.16. The topological polar surface area (TPSA) is 89.6 Å². The minimum Gasteiger partial charge on any atom is -0.481 e. The summed E-state index contributed by atoms with van der Waals surface area (Å²) in [4.78, 5) is 23.1. The Bertz CT molecular complexity index is 955. The van der Waals surface area contributed by atoms with Crippen molar-refractivity contribution in [3.05, 3.63) is 70.3 Å². The van der Waals surface area contributed by atoms with Gasteiger partial charge in [-0.3, -0.25) is 4.79 Å². The molecule has 0 aromatic heterocycles. The van der Waals surface area contributed by atoms with Gasteiger partial charge in [-0.1, -0.05) is 42.5 Å². The smallest absolute Gasteiger partial charge is 0.341 e. The summed E-state index contributed by atoms with van der Waals surface area (Å²) in [5.74, 6) is -1.26. The number of amides is 1. The molecule has 3 N–H and O–H groups in total. The Morgan fingerprint density at radius 3 is 2.42 bits per heavy atom. The Hall–Kier alpha value is -3.34. The van der Waals surface area contributed by atoms with E-state index in [0.717, 1.165) is 27.8 Å². The van der Waals surface area contributed by atoms with Gasteiger partial charge in [0.15, 0.2) is 6.61 Å². The fraction of sp³-hybridized carbons (Fsp3) is 0.143. The van der Waals surface area contributed by atoms with Gasteiger partial charge in [-0.25, -0.2) is 4.79 Å². The zero-order valence-corrected chi connectivity index (χ0v) is 14.6. The third kappa shape index (κ3) is 3.11. The predicted octanol–water partition coefficient (Wildman–Crippen LogP) is 3.27. The molecule has 0 radical (unpaired) electrons. The highest BCUT2D eigenvalue weighted by Crippen LogP contribution is 2.47. The Labute approximate surface area is 151 Å². The third-order valence-electron chi connectivity index (χ3n) is 4.37. The number of carboxylic acid groups (broad SMARTS) is 1. The van der Waals surface area contributed by atoms with Crippen LogP contribution in [0.15, 0.2) is 48.0 Å². The molecule has 2 aromatic rings. The summed E-state index contributed by atoms with van der Waals surface area (Å²) in [6.07, 6.45) is 1.99. The van der Waals surface area contributed by atoms with E-state index in [1.807, 2.05) is 62.4 Å². The molecule has 5 nitrogen and oxygen atoms in total. The maximum Gasteiger partial charge on any atom is 0.341 e. The molecule has 26 heavy (non-hydrogen) atoms. The number of allylic oxidation sites excluding steroid dienone is 2. The molecule has 1 amide bonds. The first-order valence-electron chi connectivity index (χ1n) is 8.17. The van der Waals surface area contributed by atoms with Crippen molar-refractivity contribution in [3.63, 3.8) is 0 Å². The van der Waals surface area contributed by atoms with Gasteiger partial charge in [0.2, 0.25) is 5.91 Å². The highest BCUT2D eigenvalue weighted by molar-refractivity contribution is 6.28. The molecule has 5 heteroatoms. The van der Waals surface area contributed by atoms with Crippen LogP contribution in [-0.2, 0) is 9.59 Å². The number of fused-ring (bicyclic) bond motifs is 1. The molecule has 0 bridgehead atoms. The van der Waals surface area contributed by atoms with Gasteiger partial charge in [0, 0.05) is 5.56 Å². The maximum atomic E-state index is 12.1. The van der Waals surface area contributed by atoms with Gasteiger partial charge < -0.3 is 15.6 Å². The van der Waals surface area contributed by atoms with Crippen molar-refractivity contribution in [2.75, 3.05) is 6.61 Å². The van der Waals surface area contributed by atoms with Crippen molar-refractivity contribution >= 4 is 29.1 Å². The van der Waals surface area contributed by atoms with E-state index in [0.29, 0.717) is 16.9 Å². The van der Waals surface area contributed by atoms with Crippen LogP contribution in [0.3, 0.4) is 0 Å². The average molecular weight is 349 g/mol. The van der Waals surface area contributed by atoms with Gasteiger partial charge in [-0.2, -0.15) is 0 Å². The number of carbonyl (C=O) groups excluding carboxylic acids is 1. The summed E-state index contributed by atoms with van der Waals surface area (Å²) in [7, 11) is 0. The molecule has 0 heterocycles. The van der Waals surface area contributed by atoms with E-state index in [4.69, 9.17) is 15.6 Å². The van der Waals surface area contributed by atoms with Crippen LogP contribution >= 0.6 is 0 Å². The Kier molecular flexibility index (Phi) is 4.63. The number of hydrogen-bond donors (Lipinski definition) is 2. The fourth-order valence-electron chi connectivity index (χ4n) is 3.21. The first-order chi connectivity index (χ1) is 12.4. The molecule has 1 aliphatic rings. The van der Waals surface area contributed by atoms with Crippen LogP contribution in [0.2, 0.25) is 0 Å². The minimum atomic E-state index is -1.08. The number of carboxylic acids is 1. The van der Waals surface area contributed by atoms with Crippen molar-refractivity contribution in [2.45, 2.75) is 13.8 Å². The van der Waals surface area contributed by atoms with Crippen LogP contribution in [0.1, 0.15) is 29.2 Å². The number of benzene rings is 2. The van der Waals surface area contributed by atoms with E-state index in [1.165, 1.54) is 0 Å². The predicted molar refractivity (Wildman–Crippen MR) is 100 cm³/mol. The van der Waals surface area contributed by atoms with Gasteiger partial charge >= 0.3 is 5.97 Å². The molecule has 132 valence electrons. The molecule has 3 rings (SSSR count). The van der Waals surface area contributed by atoms with Crippen LogP contribution < -0.4 is 10.5 Å². The summed E-state index contributed by atoms with van der Waals surface area (Å²) in [5.41, 5.74) is 10.8. The molecule has 0 fully saturated rings. The molecular formula is C21H19NO4. The number of rotatable bonds is 5. The molecule has 0 spiro atoms. The summed E-state index contributed by atoms with van der Waals surface area (Å²) >= 11 is 0. The van der Waals surface area contributed by atoms with Crippen LogP contribution in [0.25, 0.3) is 17.2 Å². The van der Waals surface area contributed by atoms with Crippen LogP contribution in [0.5, 0.6) is 5.75 Å². The highest BCUT2D eigenvalue weighted by Gasteiger charge is 2.31. The van der Waals surface area contributed by atoms with E-state index >= 15 is 0 Å². The maximum absolute atomic E-state index is 12.1. The van der Waals surface area contributed by atoms with Crippen molar-refractivity contribution in [2.24, 2.45) is 5.73 Å². The van der Waals surface area contributed by atoms with E-state index in [9.17, 15) is 9.59 Å². The molecule has 0 aliphatic heterocycles. The standard InChI is InChI=1S/C21H19NO4/c1-12-8-9-15-16(10-14-6-4-3-5-7-14)13(2)18(21(22)25)19(15)20(12)26-11-17(23)24/h3-10H,11H2,1-2H3,(H2,22,25)(H,23,24)/b16-10-. The fourth-order valence-corrected chi connectivity index (χ4v) is 3.21. The number of aryl methyl sites for hydroxylation is 1. The highest BCUT2D eigenvalue weighted by atomic mass is 16.5. The molecule has 0 unspecified atom stereocenters.